The first-order valence-corrected chi connectivity index (χ1v) is 6.66. The molecule has 1 amide bonds. The second-order valence-electron chi connectivity index (χ2n) is 4.82. The smallest absolute Gasteiger partial charge is 0.303 e. The predicted octanol–water partition coefficient (Wildman–Crippen LogP) is 2.13. The summed E-state index contributed by atoms with van der Waals surface area (Å²) < 4.78 is 5.24. The van der Waals surface area contributed by atoms with E-state index in [2.05, 4.69) is 5.32 Å². The highest BCUT2D eigenvalue weighted by Gasteiger charge is 2.16. The van der Waals surface area contributed by atoms with Gasteiger partial charge in [-0.05, 0) is 25.8 Å². The molecule has 1 aromatic carbocycles. The van der Waals surface area contributed by atoms with Crippen LogP contribution in [0, 0.1) is 0 Å². The van der Waals surface area contributed by atoms with Crippen molar-refractivity contribution in [1.82, 2.24) is 5.32 Å². The Morgan fingerprint density at radius 2 is 1.90 bits per heavy atom. The van der Waals surface area contributed by atoms with Crippen molar-refractivity contribution in [3.8, 4) is 0 Å². The number of rotatable bonds is 8. The van der Waals surface area contributed by atoms with Gasteiger partial charge in [-0.15, -0.1) is 0 Å². The molecular weight excluding hydrogens is 258 g/mol. The molecule has 5 nitrogen and oxygen atoms in total. The van der Waals surface area contributed by atoms with Gasteiger partial charge in [0.2, 0.25) is 5.91 Å². The molecule has 2 N–H and O–H groups in total. The van der Waals surface area contributed by atoms with Crippen molar-refractivity contribution in [2.45, 2.75) is 38.8 Å². The third-order valence-corrected chi connectivity index (χ3v) is 2.73. The number of aliphatic carboxylic acids is 1. The van der Waals surface area contributed by atoms with Crippen LogP contribution in [0.5, 0.6) is 0 Å². The van der Waals surface area contributed by atoms with Crippen molar-refractivity contribution in [1.29, 1.82) is 0 Å². The molecule has 0 aliphatic heterocycles. The van der Waals surface area contributed by atoms with Gasteiger partial charge in [-0.2, -0.15) is 0 Å². The predicted molar refractivity (Wildman–Crippen MR) is 75.3 cm³/mol. The largest absolute Gasteiger partial charge is 0.481 e. The summed E-state index contributed by atoms with van der Waals surface area (Å²) in [5.41, 5.74) is 0.895. The van der Waals surface area contributed by atoms with Gasteiger partial charge >= 0.3 is 5.97 Å². The van der Waals surface area contributed by atoms with E-state index in [0.29, 0.717) is 6.42 Å². The molecule has 0 aliphatic carbocycles. The lowest BCUT2D eigenvalue weighted by atomic mass is 10.0. The first-order valence-electron chi connectivity index (χ1n) is 6.66. The molecule has 1 atom stereocenters. The molecule has 1 aromatic rings. The summed E-state index contributed by atoms with van der Waals surface area (Å²) >= 11 is 0. The monoisotopic (exact) mass is 279 g/mol. The summed E-state index contributed by atoms with van der Waals surface area (Å²) in [6, 6.07) is 9.03. The Kier molecular flexibility index (Phi) is 6.73. The summed E-state index contributed by atoms with van der Waals surface area (Å²) in [7, 11) is 0. The van der Waals surface area contributed by atoms with E-state index in [0.717, 1.165) is 5.56 Å². The standard InChI is InChI=1S/C15H21NO4/c1-11(2)20-10-14(17)16-13(8-9-15(18)19)12-6-4-3-5-7-12/h3-7,11,13H,8-10H2,1-2H3,(H,16,17)(H,18,19). The summed E-state index contributed by atoms with van der Waals surface area (Å²) in [4.78, 5) is 22.5. The van der Waals surface area contributed by atoms with E-state index in [9.17, 15) is 9.59 Å². The van der Waals surface area contributed by atoms with Crippen molar-refractivity contribution in [3.05, 3.63) is 35.9 Å². The topological polar surface area (TPSA) is 75.6 Å². The second kappa shape index (κ2) is 8.32. The van der Waals surface area contributed by atoms with Gasteiger partial charge in [0.15, 0.2) is 0 Å². The molecule has 0 aromatic heterocycles. The van der Waals surface area contributed by atoms with E-state index < -0.39 is 5.97 Å². The number of carboxylic acid groups (broad SMARTS) is 1. The quantitative estimate of drug-likeness (QED) is 0.764. The zero-order chi connectivity index (χ0) is 15.0. The fourth-order valence-electron chi connectivity index (χ4n) is 1.75. The van der Waals surface area contributed by atoms with Crippen LogP contribution in [0.15, 0.2) is 30.3 Å². The molecule has 0 heterocycles. The van der Waals surface area contributed by atoms with Gasteiger partial charge in [-0.1, -0.05) is 30.3 Å². The van der Waals surface area contributed by atoms with Crippen molar-refractivity contribution in [2.75, 3.05) is 6.61 Å². The van der Waals surface area contributed by atoms with Gasteiger partial charge in [0, 0.05) is 6.42 Å². The Balaban J connectivity index is 2.63. The van der Waals surface area contributed by atoms with Gasteiger partial charge < -0.3 is 15.2 Å². The van der Waals surface area contributed by atoms with E-state index in [1.165, 1.54) is 0 Å². The number of nitrogens with one attached hydrogen (secondary N) is 1. The molecular formula is C15H21NO4. The zero-order valence-electron chi connectivity index (χ0n) is 11.8. The van der Waals surface area contributed by atoms with Crippen molar-refractivity contribution in [2.24, 2.45) is 0 Å². The highest BCUT2D eigenvalue weighted by atomic mass is 16.5. The third-order valence-electron chi connectivity index (χ3n) is 2.73. The molecule has 1 unspecified atom stereocenters. The molecule has 0 fully saturated rings. The molecule has 1 rings (SSSR count). The van der Waals surface area contributed by atoms with Gasteiger partial charge in [0.05, 0.1) is 12.1 Å². The number of carbonyl (C=O) groups excluding carboxylic acids is 1. The number of hydrogen-bond acceptors (Lipinski definition) is 3. The second-order valence-corrected chi connectivity index (χ2v) is 4.82. The summed E-state index contributed by atoms with van der Waals surface area (Å²) in [5, 5.41) is 11.6. The van der Waals surface area contributed by atoms with E-state index in [-0.39, 0.29) is 31.1 Å². The molecule has 5 heteroatoms. The number of carbonyl (C=O) groups is 2. The number of benzene rings is 1. The van der Waals surface area contributed by atoms with Crippen LogP contribution in [0.2, 0.25) is 0 Å². The van der Waals surface area contributed by atoms with Crippen LogP contribution in [0.25, 0.3) is 0 Å². The van der Waals surface area contributed by atoms with E-state index in [4.69, 9.17) is 9.84 Å². The molecule has 0 saturated heterocycles. The van der Waals surface area contributed by atoms with Gasteiger partial charge in [-0.3, -0.25) is 9.59 Å². The van der Waals surface area contributed by atoms with E-state index >= 15 is 0 Å². The number of ether oxygens (including phenoxy) is 1. The van der Waals surface area contributed by atoms with Crippen LogP contribution >= 0.6 is 0 Å². The number of hydrogen-bond donors (Lipinski definition) is 2. The van der Waals surface area contributed by atoms with E-state index in [1.807, 2.05) is 44.2 Å². The lowest BCUT2D eigenvalue weighted by molar-refractivity contribution is -0.137. The summed E-state index contributed by atoms with van der Waals surface area (Å²) in [6.07, 6.45) is 0.340. The lowest BCUT2D eigenvalue weighted by Crippen LogP contribution is -2.32. The van der Waals surface area contributed by atoms with Crippen LogP contribution < -0.4 is 5.32 Å². The highest BCUT2D eigenvalue weighted by Crippen LogP contribution is 2.18. The number of carboxylic acids is 1. The number of amides is 1. The first kappa shape index (κ1) is 16.2. The Bertz CT molecular complexity index is 431. The van der Waals surface area contributed by atoms with Crippen LogP contribution in [0.1, 0.15) is 38.3 Å². The fraction of sp³-hybridized carbons (Fsp3) is 0.467. The molecule has 0 saturated carbocycles. The van der Waals surface area contributed by atoms with Gasteiger partial charge in [0.1, 0.15) is 6.61 Å². The van der Waals surface area contributed by atoms with Crippen molar-refractivity contribution >= 4 is 11.9 Å². The fourth-order valence-corrected chi connectivity index (χ4v) is 1.75. The summed E-state index contributed by atoms with van der Waals surface area (Å²) in [6.45, 7) is 3.69. The third kappa shape index (κ3) is 6.33. The zero-order valence-corrected chi connectivity index (χ0v) is 11.8. The Morgan fingerprint density at radius 1 is 1.25 bits per heavy atom. The normalized spacial score (nSPS) is 12.2. The van der Waals surface area contributed by atoms with Gasteiger partial charge in [0.25, 0.3) is 0 Å². The highest BCUT2D eigenvalue weighted by molar-refractivity contribution is 5.77. The molecule has 0 spiro atoms. The van der Waals surface area contributed by atoms with Crippen LogP contribution in [-0.2, 0) is 14.3 Å². The summed E-state index contributed by atoms with van der Waals surface area (Å²) in [5.74, 6) is -1.11. The minimum atomic E-state index is -0.876. The average molecular weight is 279 g/mol. The maximum atomic E-state index is 11.8. The maximum absolute atomic E-state index is 11.8. The van der Waals surface area contributed by atoms with Crippen LogP contribution in [0.4, 0.5) is 0 Å². The minimum absolute atomic E-state index is 0.00484. The average Bonchev–Trinajstić information content (AvgIpc) is 2.42. The SMILES string of the molecule is CC(C)OCC(=O)NC(CCC(=O)O)c1ccccc1. The van der Waals surface area contributed by atoms with Gasteiger partial charge in [-0.25, -0.2) is 0 Å². The van der Waals surface area contributed by atoms with Crippen molar-refractivity contribution < 1.29 is 19.4 Å². The van der Waals surface area contributed by atoms with E-state index in [1.54, 1.807) is 0 Å². The molecule has 0 radical (unpaired) electrons. The maximum Gasteiger partial charge on any atom is 0.303 e. The molecule has 0 bridgehead atoms. The van der Waals surface area contributed by atoms with Crippen molar-refractivity contribution in [3.63, 3.8) is 0 Å². The molecule has 20 heavy (non-hydrogen) atoms. The lowest BCUT2D eigenvalue weighted by Gasteiger charge is -2.19. The molecule has 110 valence electrons. The Hall–Kier alpha value is -1.88. The Labute approximate surface area is 118 Å². The minimum Gasteiger partial charge on any atom is -0.481 e. The first-order chi connectivity index (χ1) is 9.49. The Morgan fingerprint density at radius 3 is 2.45 bits per heavy atom. The van der Waals surface area contributed by atoms with Crippen LogP contribution in [-0.4, -0.2) is 29.7 Å². The molecule has 0 aliphatic rings. The van der Waals surface area contributed by atoms with Crippen LogP contribution in [0.3, 0.4) is 0 Å².